The van der Waals surface area contributed by atoms with Crippen LogP contribution in [0.25, 0.3) is 88.7 Å². The molecule has 17 N–H and O–H groups in total. The van der Waals surface area contributed by atoms with Crippen molar-refractivity contribution >= 4 is 232 Å². The van der Waals surface area contributed by atoms with Gasteiger partial charge in [-0.2, -0.15) is 25.3 Å². The summed E-state index contributed by atoms with van der Waals surface area (Å²) in [4.78, 5) is 118. The van der Waals surface area contributed by atoms with Crippen molar-refractivity contribution in [2.45, 2.75) is 10.6 Å². The number of aromatic amines is 7. The number of carboxylic acids is 9. The Morgan fingerprint density at radius 1 is 0.354 bits per heavy atom. The highest BCUT2D eigenvalue weighted by Gasteiger charge is 2.26. The summed E-state index contributed by atoms with van der Waals surface area (Å²) in [5.41, 5.74) is 5.14. The van der Waals surface area contributed by atoms with E-state index in [4.69, 9.17) is 116 Å². The molecule has 0 bridgehead atoms. The number of thiocarbonyl (C=S) groups is 1. The van der Waals surface area contributed by atoms with Gasteiger partial charge in [-0.3, -0.25) is 19.3 Å². The fourth-order valence-electron chi connectivity index (χ4n) is 11.5. The van der Waals surface area contributed by atoms with Gasteiger partial charge in [0.2, 0.25) is 15.4 Å². The van der Waals surface area contributed by atoms with Gasteiger partial charge in [0.25, 0.3) is 10.7 Å². The molecule has 0 aliphatic carbocycles. The standard InChI is InChI=1S/C10H7FN2O2S.2C10H6FNO2S2.3C9H5FN2O3S.3C9H5FN2O2S2/c11-5-1-2-6(7(3-5)10(14)15)8-4-9(16)13-12-8;11-5-1-2-6(7(3-5)10(13)14)9-12-4-8(15)16-9;11-5-1-2-6(7(3-5)10(13)14)8-4-9(15)16-12-8;10-4-1-2-5(6(3-4)8(13)14)7-11-12-9(16)15-7;10-4-1-2-5(6(3-4)8(13)14)7-11-9(16)12-15-7;10-4-1-2-5(6(3-4)8(13)14)7-11-9(16)15-12-7;10-4-1-2-5(6(3-4)8(13)14)7-11-12-9(15)16-7;10-4-1-2-5(6(3-4)8(13)14)7-11-9(15)12-16-7;10-4-1-2-5(6(3-4)8(13)14)7-11-9(15)16-12-7/h1-3H,4H2,(H,13,16)(H,14,15);1-4,15H,(H,13,14);1-4,12H,(H,13,14);2*1-3H,(H,12,16)(H,13,14);1-3H,(H,13,14)(H,11,12,16);2*1-3H,(H,12,15)(H,13,14);1-3H,(H,13,14)(H,11,12,15). The molecule has 144 heavy (non-hydrogen) atoms. The van der Waals surface area contributed by atoms with E-state index in [1.165, 1.54) is 120 Å². The maximum Gasteiger partial charge on any atom is 0.336 e. The minimum absolute atomic E-state index is 0.0161. The summed E-state index contributed by atoms with van der Waals surface area (Å²) in [6, 6.07) is 32.9. The highest BCUT2D eigenvalue weighted by molar-refractivity contribution is 7.83. The SMILES string of the molecule is O=C(O)c1cc(F)ccc1-c1cc(=S)s[nH]1.O=C(O)c1cc(F)ccc1-c1n[nH]c(=S)o1.O=C(O)c1cc(F)ccc1-c1n[nH]c(=S)s1.O=C(O)c1cc(F)ccc1-c1nc(=S)[nH]o1.O=C(O)c1cc(F)ccc1-c1nc(=S)[nH]s1.O=C(O)c1cc(F)ccc1-c1nc(=S)o[nH]1.O=C(O)c1cc(F)ccc1-c1nc(=S)s[nH]1.O=C(O)c1cc(F)ccc1-c1ncc(S)s1.O=C(O)c1cc(F)ccc1C1=NNC(=S)C1. The van der Waals surface area contributed by atoms with Crippen molar-refractivity contribution in [1.82, 2.24) is 74.2 Å². The summed E-state index contributed by atoms with van der Waals surface area (Å²) in [5, 5.41) is 103. The van der Waals surface area contributed by atoms with Crippen molar-refractivity contribution in [1.29, 1.82) is 0 Å². The Balaban J connectivity index is 0.000000166. The van der Waals surface area contributed by atoms with E-state index in [2.05, 4.69) is 133 Å². The maximum absolute atomic E-state index is 12.9. The van der Waals surface area contributed by atoms with E-state index in [1.807, 2.05) is 0 Å². The number of halogens is 9. The molecular weight excluding hydrogens is 2190 g/mol. The predicted octanol–water partition coefficient (Wildman–Crippen LogP) is 22.6. The van der Waals surface area contributed by atoms with Crippen molar-refractivity contribution in [3.63, 3.8) is 0 Å². The van der Waals surface area contributed by atoms with Crippen molar-refractivity contribution in [3.05, 3.63) is 315 Å². The highest BCUT2D eigenvalue weighted by atomic mass is 32.2. The fourth-order valence-corrected chi connectivity index (χ4v) is 16.4. The number of aromatic nitrogens is 14. The first-order chi connectivity index (χ1) is 68.2. The molecule has 1 aliphatic heterocycles. The second-order valence-corrected chi connectivity index (χ2v) is 36.1. The largest absolute Gasteiger partial charge is 0.478 e. The van der Waals surface area contributed by atoms with Gasteiger partial charge in [-0.05, 0) is 266 Å². The molecule has 738 valence electrons. The molecule has 0 unspecified atom stereocenters. The molecular formula is C84H49F9N16O21S14. The van der Waals surface area contributed by atoms with Gasteiger partial charge >= 0.3 is 58.6 Å². The number of aromatic carboxylic acids is 9. The second-order valence-electron chi connectivity index (χ2n) is 26.9. The quantitative estimate of drug-likeness (QED) is 0.0215. The number of benzene rings is 9. The first-order valence-electron chi connectivity index (χ1n) is 38.0. The highest BCUT2D eigenvalue weighted by Crippen LogP contribution is 2.34. The Kier molecular flexibility index (Phi) is 38.8. The molecule has 17 aromatic rings. The lowest BCUT2D eigenvalue weighted by Gasteiger charge is -2.04. The molecule has 9 aromatic carbocycles. The van der Waals surface area contributed by atoms with Crippen LogP contribution in [0.5, 0.6) is 0 Å². The Hall–Kier alpha value is -15.6. The van der Waals surface area contributed by atoms with Gasteiger partial charge in [-0.25, -0.2) is 108 Å². The van der Waals surface area contributed by atoms with Crippen molar-refractivity contribution < 1.29 is 142 Å². The zero-order valence-electron chi connectivity index (χ0n) is 70.1. The fraction of sp³-hybridized carbons (Fsp3) is 0.0119. The zero-order chi connectivity index (χ0) is 105. The first kappa shape index (κ1) is 110. The van der Waals surface area contributed by atoms with Crippen LogP contribution in [0.3, 0.4) is 0 Å². The van der Waals surface area contributed by atoms with E-state index >= 15 is 0 Å². The zero-order valence-corrected chi connectivity index (χ0v) is 81.6. The number of thiol groups is 1. The molecule has 9 heterocycles. The molecule has 18 rings (SSSR count). The Morgan fingerprint density at radius 2 is 0.743 bits per heavy atom. The molecule has 8 aromatic heterocycles. The maximum atomic E-state index is 12.9. The average Bonchev–Trinajstić information content (AvgIpc) is 1.72. The smallest absolute Gasteiger partial charge is 0.336 e. The predicted molar refractivity (Wildman–Crippen MR) is 525 cm³/mol. The van der Waals surface area contributed by atoms with Gasteiger partial charge < -0.3 is 63.8 Å². The van der Waals surface area contributed by atoms with Gasteiger partial charge in [0.15, 0.2) is 13.7 Å². The average molecular weight is 2240 g/mol. The van der Waals surface area contributed by atoms with Gasteiger partial charge in [0, 0.05) is 45.4 Å². The molecule has 1 aliphatic rings. The normalized spacial score (nSPS) is 10.8. The van der Waals surface area contributed by atoms with Gasteiger partial charge in [0.1, 0.15) is 82.0 Å². The minimum Gasteiger partial charge on any atom is -0.478 e. The molecule has 0 saturated heterocycles. The Labute approximate surface area is 860 Å². The van der Waals surface area contributed by atoms with Crippen LogP contribution in [0.15, 0.2) is 199 Å². The number of hydrogen-bond donors (Lipinski definition) is 18. The van der Waals surface area contributed by atoms with Crippen LogP contribution < -0.4 is 5.43 Å². The number of nitrogens with one attached hydrogen (secondary N) is 8. The lowest BCUT2D eigenvalue weighted by atomic mass is 10.0. The van der Waals surface area contributed by atoms with E-state index in [9.17, 15) is 82.7 Å². The van der Waals surface area contributed by atoms with E-state index in [-0.39, 0.29) is 104 Å². The summed E-state index contributed by atoms with van der Waals surface area (Å²) in [5.74, 6) is -15.8. The molecule has 60 heteroatoms. The van der Waals surface area contributed by atoms with Crippen LogP contribution in [0.1, 0.15) is 105 Å². The van der Waals surface area contributed by atoms with Crippen LogP contribution >= 0.6 is 168 Å². The van der Waals surface area contributed by atoms with E-state index in [0.29, 0.717) is 93.0 Å². The minimum atomic E-state index is -1.27. The number of nitrogens with zero attached hydrogens (tertiary/aromatic N) is 8. The van der Waals surface area contributed by atoms with Crippen LogP contribution in [0, 0.1) is 83.3 Å². The summed E-state index contributed by atoms with van der Waals surface area (Å²) in [6.07, 6.45) is 1.90. The lowest BCUT2D eigenvalue weighted by Crippen LogP contribution is -2.09. The first-order valence-corrected chi connectivity index (χ1v) is 45.8. The third kappa shape index (κ3) is 30.7. The van der Waals surface area contributed by atoms with Crippen molar-refractivity contribution in [2.24, 2.45) is 5.10 Å². The second kappa shape index (κ2) is 50.7. The number of carboxylic acid groups (broad SMARTS) is 9. The number of rotatable bonds is 18. The van der Waals surface area contributed by atoms with Gasteiger partial charge in [0.05, 0.1) is 83.0 Å². The number of H-pyrrole nitrogens is 7. The van der Waals surface area contributed by atoms with Crippen molar-refractivity contribution in [2.75, 3.05) is 0 Å². The molecule has 0 saturated carbocycles. The molecule has 37 nitrogen and oxygen atoms in total. The van der Waals surface area contributed by atoms with Crippen LogP contribution in [0.4, 0.5) is 39.5 Å². The summed E-state index contributed by atoms with van der Waals surface area (Å²) in [6.45, 7) is 0. The monoisotopic (exact) mass is 2240 g/mol. The van der Waals surface area contributed by atoms with Gasteiger partial charge in [-0.1, -0.05) is 47.3 Å². The summed E-state index contributed by atoms with van der Waals surface area (Å²) < 4.78 is 142. The van der Waals surface area contributed by atoms with E-state index in [0.717, 1.165) is 107 Å². The van der Waals surface area contributed by atoms with Gasteiger partial charge in [-0.15, -0.1) is 29.1 Å². The number of hydrogen-bond acceptors (Lipinski definition) is 34. The Bertz CT molecular complexity index is 7250. The molecule has 0 radical (unpaired) electrons. The van der Waals surface area contributed by atoms with Crippen LogP contribution in [0.2, 0.25) is 0 Å². The summed E-state index contributed by atoms with van der Waals surface area (Å²) >= 11 is 48.2. The van der Waals surface area contributed by atoms with Crippen LogP contribution in [-0.2, 0) is 0 Å². The number of hydrazone groups is 1. The molecule has 0 amide bonds. The molecule has 0 atom stereocenters. The third-order valence-electron chi connectivity index (χ3n) is 17.5. The topological polar surface area (TPSA) is 600 Å². The van der Waals surface area contributed by atoms with Crippen LogP contribution in [-0.4, -0.2) is 179 Å². The Morgan fingerprint density at radius 3 is 1.08 bits per heavy atom. The number of thiazole rings is 1. The molecule has 0 spiro atoms. The third-order valence-corrected chi connectivity index (χ3v) is 23.6. The lowest BCUT2D eigenvalue weighted by molar-refractivity contribution is 0.0685. The number of carbonyl (C=O) groups is 9. The van der Waals surface area contributed by atoms with E-state index in [1.54, 1.807) is 6.07 Å². The molecule has 0 fully saturated rings. The summed E-state index contributed by atoms with van der Waals surface area (Å²) in [7, 11) is 0. The van der Waals surface area contributed by atoms with Crippen molar-refractivity contribution in [3.8, 4) is 88.7 Å². The van der Waals surface area contributed by atoms with E-state index < -0.39 is 106 Å².